The zero-order valence-corrected chi connectivity index (χ0v) is 17.6. The number of nitro benzene ring substituents is 1. The van der Waals surface area contributed by atoms with Gasteiger partial charge >= 0.3 is 11.8 Å². The molecule has 0 spiro atoms. The van der Waals surface area contributed by atoms with E-state index in [-0.39, 0.29) is 30.3 Å². The highest BCUT2D eigenvalue weighted by Gasteiger charge is 2.29. The van der Waals surface area contributed by atoms with E-state index in [1.807, 2.05) is 6.07 Å². The molecule has 1 N–H and O–H groups in total. The summed E-state index contributed by atoms with van der Waals surface area (Å²) in [5, 5.41) is 21.0. The van der Waals surface area contributed by atoms with Gasteiger partial charge in [0.2, 0.25) is 5.75 Å². The van der Waals surface area contributed by atoms with Crippen molar-refractivity contribution >= 4 is 23.3 Å². The van der Waals surface area contributed by atoms with Gasteiger partial charge in [-0.05, 0) is 36.4 Å². The van der Waals surface area contributed by atoms with Crippen LogP contribution in [-0.4, -0.2) is 53.0 Å². The van der Waals surface area contributed by atoms with Gasteiger partial charge in [-0.25, -0.2) is 4.79 Å². The first kappa shape index (κ1) is 21.8. The van der Waals surface area contributed by atoms with Crippen molar-refractivity contribution in [3.8, 4) is 11.5 Å². The van der Waals surface area contributed by atoms with Gasteiger partial charge in [0.1, 0.15) is 11.4 Å². The number of amides is 1. The minimum absolute atomic E-state index is 0.0697. The third-order valence-corrected chi connectivity index (χ3v) is 5.43. The number of carbonyl (C=O) groups is 2. The summed E-state index contributed by atoms with van der Waals surface area (Å²) in [5.74, 6) is 0.298. The predicted octanol–water partition coefficient (Wildman–Crippen LogP) is 4.42. The van der Waals surface area contributed by atoms with Crippen LogP contribution in [0.5, 0.6) is 11.5 Å². The largest absolute Gasteiger partial charge is 0.465 e. The number of rotatable bonds is 6. The molecule has 0 radical (unpaired) electrons. The zero-order valence-electron chi connectivity index (χ0n) is 17.6. The number of hydrogen-bond donors (Lipinski definition) is 1. The van der Waals surface area contributed by atoms with E-state index in [9.17, 15) is 19.7 Å². The second kappa shape index (κ2) is 9.39. The van der Waals surface area contributed by atoms with Gasteiger partial charge in [-0.3, -0.25) is 14.9 Å². The van der Waals surface area contributed by atoms with Crippen LogP contribution in [0.15, 0.2) is 72.8 Å². The average molecular weight is 447 g/mol. The number of ketones is 1. The van der Waals surface area contributed by atoms with E-state index >= 15 is 0 Å². The molecule has 168 valence electrons. The third kappa shape index (κ3) is 4.77. The molecule has 3 aromatic rings. The molecule has 1 heterocycles. The number of ether oxygens (including phenoxy) is 1. The minimum Gasteiger partial charge on any atom is -0.465 e. The number of anilines is 1. The number of benzene rings is 3. The first-order chi connectivity index (χ1) is 15.9. The lowest BCUT2D eigenvalue weighted by atomic mass is 10.0. The molecule has 0 saturated carbocycles. The standard InChI is InChI=1S/C24H21N3O6/c28-23(17-5-2-1-3-6-17)18-9-11-19(12-10-18)33-21-8-4-7-20(22(21)27(31)32)25-13-15-26(16-14-25)24(29)30/h1-12H,13-16H2,(H,29,30). The first-order valence-corrected chi connectivity index (χ1v) is 10.3. The summed E-state index contributed by atoms with van der Waals surface area (Å²) in [7, 11) is 0. The van der Waals surface area contributed by atoms with Crippen LogP contribution >= 0.6 is 0 Å². The highest BCUT2D eigenvalue weighted by Crippen LogP contribution is 2.39. The molecule has 0 atom stereocenters. The first-order valence-electron chi connectivity index (χ1n) is 10.3. The van der Waals surface area contributed by atoms with Crippen LogP contribution in [-0.2, 0) is 0 Å². The number of nitro groups is 1. The molecule has 3 aromatic carbocycles. The molecule has 0 bridgehead atoms. The Balaban J connectivity index is 1.55. The van der Waals surface area contributed by atoms with Gasteiger partial charge in [-0.1, -0.05) is 36.4 Å². The van der Waals surface area contributed by atoms with Crippen molar-refractivity contribution in [2.75, 3.05) is 31.1 Å². The number of carboxylic acid groups (broad SMARTS) is 1. The van der Waals surface area contributed by atoms with E-state index in [2.05, 4.69) is 0 Å². The lowest BCUT2D eigenvalue weighted by Gasteiger charge is -2.34. The van der Waals surface area contributed by atoms with Gasteiger partial charge in [-0.2, -0.15) is 0 Å². The van der Waals surface area contributed by atoms with Gasteiger partial charge in [-0.15, -0.1) is 0 Å². The zero-order chi connectivity index (χ0) is 23.4. The molecule has 33 heavy (non-hydrogen) atoms. The van der Waals surface area contributed by atoms with Crippen molar-refractivity contribution < 1.29 is 24.4 Å². The monoisotopic (exact) mass is 447 g/mol. The lowest BCUT2D eigenvalue weighted by Crippen LogP contribution is -2.48. The van der Waals surface area contributed by atoms with Crippen molar-refractivity contribution in [2.45, 2.75) is 0 Å². The maximum atomic E-state index is 12.6. The summed E-state index contributed by atoms with van der Waals surface area (Å²) < 4.78 is 5.82. The summed E-state index contributed by atoms with van der Waals surface area (Å²) in [6, 6.07) is 20.1. The average Bonchev–Trinajstić information content (AvgIpc) is 2.84. The van der Waals surface area contributed by atoms with Gasteiger partial charge in [0.15, 0.2) is 5.78 Å². The molecular weight excluding hydrogens is 426 g/mol. The number of piperazine rings is 1. The molecule has 4 rings (SSSR count). The quantitative estimate of drug-likeness (QED) is 0.338. The van der Waals surface area contributed by atoms with Crippen molar-refractivity contribution in [3.05, 3.63) is 94.0 Å². The van der Waals surface area contributed by atoms with Gasteiger partial charge < -0.3 is 19.6 Å². The smallest absolute Gasteiger partial charge is 0.407 e. The summed E-state index contributed by atoms with van der Waals surface area (Å²) in [4.78, 5) is 38.2. The Morgan fingerprint density at radius 2 is 1.48 bits per heavy atom. The molecule has 1 aliphatic rings. The van der Waals surface area contributed by atoms with E-state index in [4.69, 9.17) is 9.84 Å². The Morgan fingerprint density at radius 3 is 2.09 bits per heavy atom. The number of para-hydroxylation sites is 1. The van der Waals surface area contributed by atoms with Crippen molar-refractivity contribution in [2.24, 2.45) is 0 Å². The molecule has 1 amide bonds. The third-order valence-electron chi connectivity index (χ3n) is 5.43. The van der Waals surface area contributed by atoms with E-state index in [1.54, 1.807) is 65.6 Å². The van der Waals surface area contributed by atoms with E-state index in [0.717, 1.165) is 0 Å². The predicted molar refractivity (Wildman–Crippen MR) is 121 cm³/mol. The topological polar surface area (TPSA) is 113 Å². The normalized spacial score (nSPS) is 13.5. The van der Waals surface area contributed by atoms with Crippen molar-refractivity contribution in [1.82, 2.24) is 4.90 Å². The molecule has 0 aromatic heterocycles. The van der Waals surface area contributed by atoms with Crippen molar-refractivity contribution in [1.29, 1.82) is 0 Å². The Hall–Kier alpha value is -4.40. The molecule has 1 saturated heterocycles. The second-order valence-electron chi connectivity index (χ2n) is 7.46. The Labute approximate surface area is 189 Å². The summed E-state index contributed by atoms with van der Waals surface area (Å²) in [5.41, 5.74) is 1.23. The fourth-order valence-corrected chi connectivity index (χ4v) is 3.73. The number of carbonyl (C=O) groups excluding carboxylic acids is 1. The van der Waals surface area contributed by atoms with Gasteiger partial charge in [0, 0.05) is 37.3 Å². The number of hydrogen-bond acceptors (Lipinski definition) is 6. The molecule has 1 aliphatic heterocycles. The van der Waals surface area contributed by atoms with Gasteiger partial charge in [0.25, 0.3) is 0 Å². The van der Waals surface area contributed by atoms with Gasteiger partial charge in [0.05, 0.1) is 4.92 Å². The highest BCUT2D eigenvalue weighted by atomic mass is 16.6. The van der Waals surface area contributed by atoms with Crippen LogP contribution in [0.3, 0.4) is 0 Å². The molecule has 0 unspecified atom stereocenters. The van der Waals surface area contributed by atoms with Crippen LogP contribution in [0, 0.1) is 10.1 Å². The number of nitrogens with zero attached hydrogens (tertiary/aromatic N) is 3. The van der Waals surface area contributed by atoms with E-state index in [1.165, 1.54) is 11.0 Å². The van der Waals surface area contributed by atoms with Crippen LogP contribution in [0.2, 0.25) is 0 Å². The molecule has 0 aliphatic carbocycles. The fourth-order valence-electron chi connectivity index (χ4n) is 3.73. The van der Waals surface area contributed by atoms with Crippen LogP contribution in [0.1, 0.15) is 15.9 Å². The molecule has 9 heteroatoms. The molecule has 9 nitrogen and oxygen atoms in total. The van der Waals surface area contributed by atoms with Crippen molar-refractivity contribution in [3.63, 3.8) is 0 Å². The van der Waals surface area contributed by atoms with Crippen LogP contribution < -0.4 is 9.64 Å². The summed E-state index contributed by atoms with van der Waals surface area (Å²) in [6.07, 6.45) is -1.00. The Morgan fingerprint density at radius 1 is 0.848 bits per heavy atom. The lowest BCUT2D eigenvalue weighted by molar-refractivity contribution is -0.384. The molecular formula is C24H21N3O6. The summed E-state index contributed by atoms with van der Waals surface area (Å²) >= 11 is 0. The Bertz CT molecular complexity index is 1170. The SMILES string of the molecule is O=C(c1ccccc1)c1ccc(Oc2cccc(N3CCN(C(=O)O)CC3)c2[N+](=O)[O-])cc1. The fraction of sp³-hybridized carbons (Fsp3) is 0.167. The second-order valence-corrected chi connectivity index (χ2v) is 7.46. The highest BCUT2D eigenvalue weighted by molar-refractivity contribution is 6.09. The Kier molecular flexibility index (Phi) is 6.21. The van der Waals surface area contributed by atoms with Crippen LogP contribution in [0.4, 0.5) is 16.2 Å². The van der Waals surface area contributed by atoms with E-state index in [0.29, 0.717) is 35.7 Å². The summed E-state index contributed by atoms with van der Waals surface area (Å²) in [6.45, 7) is 1.20. The van der Waals surface area contributed by atoms with E-state index < -0.39 is 11.0 Å². The molecule has 1 fully saturated rings. The van der Waals surface area contributed by atoms with Crippen LogP contribution in [0.25, 0.3) is 0 Å². The maximum Gasteiger partial charge on any atom is 0.407 e. The maximum absolute atomic E-state index is 12.6. The minimum atomic E-state index is -1.00.